The Balaban J connectivity index is 0.559. The summed E-state index contributed by atoms with van der Waals surface area (Å²) in [5, 5.41) is 8.86. The fourth-order valence-corrected chi connectivity index (χ4v) is 18.3. The van der Waals surface area contributed by atoms with Crippen molar-refractivity contribution >= 4 is 107 Å². The van der Waals surface area contributed by atoms with Crippen molar-refractivity contribution in [1.29, 1.82) is 0 Å². The van der Waals surface area contributed by atoms with Crippen LogP contribution in [0.4, 0.5) is 0 Å². The topological polar surface area (TPSA) is 104 Å². The van der Waals surface area contributed by atoms with Crippen molar-refractivity contribution in [2.24, 2.45) is 0 Å². The highest BCUT2D eigenvalue weighted by atomic mass is 32.1. The van der Waals surface area contributed by atoms with E-state index in [0.717, 1.165) is 165 Å². The van der Waals surface area contributed by atoms with Gasteiger partial charge in [0, 0.05) is 106 Å². The zero-order chi connectivity index (χ0) is 73.7. The van der Waals surface area contributed by atoms with Crippen LogP contribution in [-0.4, -0.2) is 29.9 Å². The van der Waals surface area contributed by atoms with E-state index >= 15 is 0 Å². The predicted molar refractivity (Wildman–Crippen MR) is 464 cm³/mol. The molecule has 10 heteroatoms. The molecule has 0 bridgehead atoms. The first kappa shape index (κ1) is 64.7. The quantitative estimate of drug-likeness (QED) is 0.112. The van der Waals surface area contributed by atoms with E-state index in [1.807, 2.05) is 48.5 Å². The van der Waals surface area contributed by atoms with Gasteiger partial charge in [-0.1, -0.05) is 291 Å². The molecule has 0 atom stereocenters. The Labute approximate surface area is 651 Å². The van der Waals surface area contributed by atoms with Crippen LogP contribution in [-0.2, 0) is 0 Å². The van der Waals surface area contributed by atoms with Crippen LogP contribution in [0.1, 0.15) is 0 Å². The summed E-state index contributed by atoms with van der Waals surface area (Å²) < 4.78 is 18.2. The maximum absolute atomic E-state index is 6.99. The second-order valence-electron chi connectivity index (χ2n) is 28.4. The molecule has 112 heavy (non-hydrogen) atoms. The fourth-order valence-electron chi connectivity index (χ4n) is 16.1. The molecule has 0 aliphatic rings. The lowest BCUT2D eigenvalue weighted by Gasteiger charge is -2.11. The number of hydrogen-bond acceptors (Lipinski definition) is 10. The Hall–Kier alpha value is -14.4. The molecule has 6 aromatic heterocycles. The Morgan fingerprint density at radius 3 is 1.00 bits per heavy atom. The van der Waals surface area contributed by atoms with Gasteiger partial charge in [-0.25, -0.2) is 29.9 Å². The number of hydrogen-bond donors (Lipinski definition) is 0. The SMILES string of the molecule is c1ccc(-c2ccc(-c3ccc4sc5cccc(-c6nc(-c7ccccc7)nc(-c7cccc(-c8ccc9c(c8)oc8c(-c%10cccc(-c%11ccc(-c%12ccc%13sc%14cccc(-c%15nc(-c%16ccccc%16)nc(-c%16cccc(-c%17cccc%18c%17oc%17ccccc%17%18)c%16)n%15)c%14c%13c%12)cc%11)c%10)cccc89)c7)n6)c5c4c3)cc2)cc1. The van der Waals surface area contributed by atoms with Crippen molar-refractivity contribution < 1.29 is 8.83 Å². The summed E-state index contributed by atoms with van der Waals surface area (Å²) in [5.74, 6) is 3.63. The average Bonchev–Trinajstić information content (AvgIpc) is 1.48. The van der Waals surface area contributed by atoms with Crippen LogP contribution in [0.5, 0.6) is 0 Å². The van der Waals surface area contributed by atoms with Gasteiger partial charge in [0.05, 0.1) is 0 Å². The summed E-state index contributed by atoms with van der Waals surface area (Å²) in [6.45, 7) is 0. The van der Waals surface area contributed by atoms with Crippen molar-refractivity contribution in [2.75, 3.05) is 0 Å². The number of fused-ring (bicyclic) bond motifs is 12. The number of furan rings is 2. The molecule has 0 saturated carbocycles. The standard InChI is InChI=1S/C102H60N6O2S2/c1-4-19-61(20-5-1)62-41-43-64(44-42-62)70-50-53-89-85(58-70)93-83(36-17-39-91(93)111-89)101-105-97(66-21-6-2-7-22-66)103-99(107-101)75-29-13-26-69(56-75)72-49-52-80-82-35-16-32-77(96(82)110-88(80)60-72)73-27-12-25-68(55-73)63-45-47-65(48-46-63)71-51-54-90-86(59-71)94-84(37-18-40-92(94)112-90)102-106-98(67-23-8-3-9-24-67)104-100(108-102)76-30-14-28-74(57-76)78-33-15-34-81-79-31-10-11-38-87(79)109-95(78)81/h1-60H. The number of para-hydroxylation sites is 3. The van der Waals surface area contributed by atoms with Crippen molar-refractivity contribution in [1.82, 2.24) is 29.9 Å². The highest BCUT2D eigenvalue weighted by Crippen LogP contribution is 2.47. The predicted octanol–water partition coefficient (Wildman–Crippen LogP) is 28.3. The second-order valence-corrected chi connectivity index (χ2v) is 30.5. The Morgan fingerprint density at radius 1 is 0.170 bits per heavy atom. The Bertz CT molecular complexity index is 7490. The molecular weight excluding hydrogens is 1410 g/mol. The van der Waals surface area contributed by atoms with E-state index in [4.69, 9.17) is 38.7 Å². The monoisotopic (exact) mass is 1460 g/mol. The lowest BCUT2D eigenvalue weighted by molar-refractivity contribution is 0.669. The van der Waals surface area contributed by atoms with Crippen molar-refractivity contribution in [3.63, 3.8) is 0 Å². The van der Waals surface area contributed by atoms with Gasteiger partial charge in [-0.05, 0) is 140 Å². The number of thiophene rings is 2. The molecule has 0 unspecified atom stereocenters. The van der Waals surface area contributed by atoms with Gasteiger partial charge in [0.2, 0.25) is 0 Å². The van der Waals surface area contributed by atoms with Gasteiger partial charge >= 0.3 is 0 Å². The molecule has 0 N–H and O–H groups in total. The molecule has 0 aliphatic carbocycles. The third kappa shape index (κ3) is 11.4. The summed E-state index contributed by atoms with van der Waals surface area (Å²) in [5.41, 5.74) is 24.2. The van der Waals surface area contributed by atoms with Crippen LogP contribution in [0, 0.1) is 0 Å². The smallest absolute Gasteiger partial charge is 0.164 e. The van der Waals surface area contributed by atoms with E-state index in [0.29, 0.717) is 34.9 Å². The molecule has 6 heterocycles. The first-order valence-electron chi connectivity index (χ1n) is 37.4. The minimum absolute atomic E-state index is 0.590. The molecule has 22 rings (SSSR count). The largest absolute Gasteiger partial charge is 0.455 e. The van der Waals surface area contributed by atoms with Crippen LogP contribution in [0.3, 0.4) is 0 Å². The minimum atomic E-state index is 0.590. The van der Waals surface area contributed by atoms with Gasteiger partial charge in [0.1, 0.15) is 22.3 Å². The van der Waals surface area contributed by atoms with Gasteiger partial charge in [0.15, 0.2) is 34.9 Å². The Kier molecular flexibility index (Phi) is 15.5. The van der Waals surface area contributed by atoms with E-state index in [2.05, 4.69) is 315 Å². The minimum Gasteiger partial charge on any atom is -0.455 e. The van der Waals surface area contributed by atoms with Crippen molar-refractivity contribution in [3.8, 4) is 146 Å². The molecule has 0 radical (unpaired) electrons. The van der Waals surface area contributed by atoms with Gasteiger partial charge in [-0.15, -0.1) is 22.7 Å². The van der Waals surface area contributed by atoms with E-state index in [-0.39, 0.29) is 0 Å². The van der Waals surface area contributed by atoms with Crippen LogP contribution in [0.25, 0.3) is 230 Å². The van der Waals surface area contributed by atoms with Crippen LogP contribution in [0.15, 0.2) is 373 Å². The molecule has 0 spiro atoms. The molecule has 22 aromatic rings. The van der Waals surface area contributed by atoms with Crippen LogP contribution < -0.4 is 0 Å². The number of nitrogens with zero attached hydrogens (tertiary/aromatic N) is 6. The molecule has 0 fully saturated rings. The van der Waals surface area contributed by atoms with Gasteiger partial charge in [0.25, 0.3) is 0 Å². The zero-order valence-electron chi connectivity index (χ0n) is 60.0. The molecular formula is C102H60N6O2S2. The summed E-state index contributed by atoms with van der Waals surface area (Å²) in [4.78, 5) is 31.7. The molecule has 16 aromatic carbocycles. The first-order chi connectivity index (χ1) is 55.4. The normalized spacial score (nSPS) is 11.8. The highest BCUT2D eigenvalue weighted by molar-refractivity contribution is 7.26. The van der Waals surface area contributed by atoms with E-state index in [1.54, 1.807) is 22.7 Å². The molecule has 8 nitrogen and oxygen atoms in total. The Morgan fingerprint density at radius 2 is 0.482 bits per heavy atom. The first-order valence-corrected chi connectivity index (χ1v) is 39.1. The lowest BCUT2D eigenvalue weighted by Crippen LogP contribution is -2.00. The van der Waals surface area contributed by atoms with Crippen LogP contribution in [0.2, 0.25) is 0 Å². The van der Waals surface area contributed by atoms with Crippen molar-refractivity contribution in [2.45, 2.75) is 0 Å². The molecule has 522 valence electrons. The summed E-state index contributed by atoms with van der Waals surface area (Å²) in [6.07, 6.45) is 0. The molecule has 0 aliphatic heterocycles. The van der Waals surface area contributed by atoms with E-state index in [1.165, 1.54) is 30.6 Å². The zero-order valence-corrected chi connectivity index (χ0v) is 61.6. The van der Waals surface area contributed by atoms with Gasteiger partial charge in [-0.2, -0.15) is 0 Å². The number of benzene rings is 16. The summed E-state index contributed by atoms with van der Waals surface area (Å²) in [6, 6.07) is 129. The molecule has 0 saturated heterocycles. The number of aromatic nitrogens is 6. The van der Waals surface area contributed by atoms with E-state index in [9.17, 15) is 0 Å². The average molecular weight is 1470 g/mol. The maximum atomic E-state index is 6.99. The van der Waals surface area contributed by atoms with Gasteiger partial charge in [-0.3, -0.25) is 0 Å². The number of rotatable bonds is 13. The maximum Gasteiger partial charge on any atom is 0.164 e. The van der Waals surface area contributed by atoms with Crippen molar-refractivity contribution in [3.05, 3.63) is 364 Å². The second kappa shape index (κ2) is 26.8. The van der Waals surface area contributed by atoms with E-state index < -0.39 is 0 Å². The third-order valence-electron chi connectivity index (χ3n) is 21.6. The summed E-state index contributed by atoms with van der Waals surface area (Å²) in [7, 11) is 0. The third-order valence-corrected chi connectivity index (χ3v) is 23.9. The highest BCUT2D eigenvalue weighted by Gasteiger charge is 2.23. The van der Waals surface area contributed by atoms with Gasteiger partial charge < -0.3 is 8.83 Å². The lowest BCUT2D eigenvalue weighted by atomic mass is 9.95. The van der Waals surface area contributed by atoms with Crippen LogP contribution >= 0.6 is 22.7 Å². The summed E-state index contributed by atoms with van der Waals surface area (Å²) >= 11 is 3.58. The molecule has 0 amide bonds. The fraction of sp³-hybridized carbons (Fsp3) is 0.